The van der Waals surface area contributed by atoms with Crippen molar-refractivity contribution in [1.29, 1.82) is 0 Å². The average molecular weight is 289 g/mol. The predicted molar refractivity (Wildman–Crippen MR) is 62.9 cm³/mol. The number of rotatable bonds is 2. The van der Waals surface area contributed by atoms with E-state index >= 15 is 0 Å². The summed E-state index contributed by atoms with van der Waals surface area (Å²) < 4.78 is 66.6. The summed E-state index contributed by atoms with van der Waals surface area (Å²) in [5.74, 6) is -2.80. The molecule has 0 spiro atoms. The molecule has 2 rings (SSSR count). The number of halogens is 5. The van der Waals surface area contributed by atoms with E-state index in [0.29, 0.717) is 0 Å². The summed E-state index contributed by atoms with van der Waals surface area (Å²) in [6.45, 7) is 0. The third-order valence-corrected chi connectivity index (χ3v) is 2.51. The number of nitrogen functional groups attached to an aromatic ring is 1. The lowest BCUT2D eigenvalue weighted by atomic mass is 10.0. The molecule has 0 aromatic heterocycles. The summed E-state index contributed by atoms with van der Waals surface area (Å²) in [5, 5.41) is 0. The molecule has 0 unspecified atom stereocenters. The smallest absolute Gasteiger partial charge is 0.406 e. The molecular weight excluding hydrogens is 281 g/mol. The van der Waals surface area contributed by atoms with Gasteiger partial charge in [0.2, 0.25) is 0 Å². The Morgan fingerprint density at radius 1 is 0.850 bits per heavy atom. The van der Waals surface area contributed by atoms with Crippen LogP contribution in [0.5, 0.6) is 5.75 Å². The third-order valence-electron chi connectivity index (χ3n) is 2.51. The summed E-state index contributed by atoms with van der Waals surface area (Å²) in [6.07, 6.45) is -4.81. The summed E-state index contributed by atoms with van der Waals surface area (Å²) in [4.78, 5) is 0. The summed E-state index contributed by atoms with van der Waals surface area (Å²) in [5.41, 5.74) is 4.96. The van der Waals surface area contributed by atoms with Crippen LogP contribution >= 0.6 is 0 Å². The largest absolute Gasteiger partial charge is 0.573 e. The van der Waals surface area contributed by atoms with Crippen molar-refractivity contribution in [3.05, 3.63) is 48.0 Å². The van der Waals surface area contributed by atoms with Crippen LogP contribution in [-0.4, -0.2) is 6.36 Å². The first kappa shape index (κ1) is 14.1. The summed E-state index contributed by atoms with van der Waals surface area (Å²) in [7, 11) is 0. The van der Waals surface area contributed by atoms with Crippen LogP contribution in [0.1, 0.15) is 0 Å². The minimum atomic E-state index is -4.81. The average Bonchev–Trinajstić information content (AvgIpc) is 2.36. The van der Waals surface area contributed by atoms with Gasteiger partial charge in [0, 0.05) is 5.56 Å². The molecule has 0 saturated heterocycles. The second-order valence-corrected chi connectivity index (χ2v) is 3.90. The molecule has 0 fully saturated rings. The van der Waals surface area contributed by atoms with Crippen molar-refractivity contribution >= 4 is 5.69 Å². The summed E-state index contributed by atoms with van der Waals surface area (Å²) >= 11 is 0. The van der Waals surface area contributed by atoms with E-state index < -0.39 is 23.7 Å². The Balaban J connectivity index is 2.33. The molecule has 2 nitrogen and oxygen atoms in total. The zero-order valence-electron chi connectivity index (χ0n) is 9.84. The first-order valence-electron chi connectivity index (χ1n) is 5.37. The van der Waals surface area contributed by atoms with Crippen LogP contribution in [0.4, 0.5) is 27.6 Å². The first-order valence-corrected chi connectivity index (χ1v) is 5.37. The van der Waals surface area contributed by atoms with Crippen molar-refractivity contribution in [1.82, 2.24) is 0 Å². The van der Waals surface area contributed by atoms with E-state index in [1.54, 1.807) is 0 Å². The number of benzene rings is 2. The Bertz CT molecular complexity index is 622. The molecule has 20 heavy (non-hydrogen) atoms. The van der Waals surface area contributed by atoms with Gasteiger partial charge in [-0.25, -0.2) is 8.78 Å². The number of ether oxygens (including phenoxy) is 1. The van der Waals surface area contributed by atoms with Crippen LogP contribution in [0.25, 0.3) is 11.1 Å². The topological polar surface area (TPSA) is 35.2 Å². The number of anilines is 1. The van der Waals surface area contributed by atoms with Crippen molar-refractivity contribution in [2.75, 3.05) is 5.73 Å². The zero-order valence-corrected chi connectivity index (χ0v) is 9.84. The van der Waals surface area contributed by atoms with E-state index in [0.717, 1.165) is 12.1 Å². The van der Waals surface area contributed by atoms with Crippen molar-refractivity contribution in [2.24, 2.45) is 0 Å². The fourth-order valence-corrected chi connectivity index (χ4v) is 1.62. The molecule has 0 aliphatic carbocycles. The van der Waals surface area contributed by atoms with Gasteiger partial charge < -0.3 is 10.5 Å². The first-order chi connectivity index (χ1) is 9.28. The van der Waals surface area contributed by atoms with Gasteiger partial charge in [0.25, 0.3) is 0 Å². The molecule has 0 atom stereocenters. The highest BCUT2D eigenvalue weighted by Crippen LogP contribution is 2.30. The molecule has 0 aliphatic heterocycles. The predicted octanol–water partition coefficient (Wildman–Crippen LogP) is 4.11. The normalized spacial score (nSPS) is 11.4. The Hall–Kier alpha value is -2.31. The highest BCUT2D eigenvalue weighted by atomic mass is 19.4. The second-order valence-electron chi connectivity index (χ2n) is 3.90. The van der Waals surface area contributed by atoms with Crippen LogP contribution < -0.4 is 10.5 Å². The molecule has 2 aromatic carbocycles. The number of alkyl halides is 3. The maximum absolute atomic E-state index is 13.7. The maximum Gasteiger partial charge on any atom is 0.573 e. The molecule has 2 N–H and O–H groups in total. The maximum atomic E-state index is 13.7. The third kappa shape index (κ3) is 2.98. The molecule has 0 radical (unpaired) electrons. The highest BCUT2D eigenvalue weighted by Gasteiger charge is 2.31. The van der Waals surface area contributed by atoms with E-state index in [9.17, 15) is 22.0 Å². The van der Waals surface area contributed by atoms with Gasteiger partial charge >= 0.3 is 6.36 Å². The lowest BCUT2D eigenvalue weighted by Crippen LogP contribution is -2.16. The molecule has 0 amide bonds. The van der Waals surface area contributed by atoms with Gasteiger partial charge in [-0.2, -0.15) is 0 Å². The zero-order chi connectivity index (χ0) is 14.9. The molecule has 0 saturated carbocycles. The molecule has 0 heterocycles. The van der Waals surface area contributed by atoms with Crippen molar-refractivity contribution in [3.63, 3.8) is 0 Å². The fourth-order valence-electron chi connectivity index (χ4n) is 1.62. The lowest BCUT2D eigenvalue weighted by molar-refractivity contribution is -0.274. The second kappa shape index (κ2) is 4.99. The van der Waals surface area contributed by atoms with Gasteiger partial charge in [-0.1, -0.05) is 12.1 Å². The SMILES string of the molecule is Nc1ccc(-c2ccc(OC(F)(F)F)cc2)c(F)c1F. The molecule has 0 bridgehead atoms. The van der Waals surface area contributed by atoms with Gasteiger partial charge in [0.05, 0.1) is 5.69 Å². The van der Waals surface area contributed by atoms with Gasteiger partial charge in [-0.3, -0.25) is 0 Å². The van der Waals surface area contributed by atoms with E-state index in [4.69, 9.17) is 5.73 Å². The Kier molecular flexibility index (Phi) is 3.52. The van der Waals surface area contributed by atoms with Crippen molar-refractivity contribution in [2.45, 2.75) is 6.36 Å². The van der Waals surface area contributed by atoms with Gasteiger partial charge in [-0.15, -0.1) is 13.2 Å². The number of hydrogen-bond donors (Lipinski definition) is 1. The lowest BCUT2D eigenvalue weighted by Gasteiger charge is -2.10. The van der Waals surface area contributed by atoms with E-state index in [1.165, 1.54) is 24.3 Å². The Morgan fingerprint density at radius 3 is 2.00 bits per heavy atom. The minimum absolute atomic E-state index is 0.102. The minimum Gasteiger partial charge on any atom is -0.406 e. The number of nitrogens with two attached hydrogens (primary N) is 1. The molecular formula is C13H8F5NO. The van der Waals surface area contributed by atoms with Crippen molar-refractivity contribution < 1.29 is 26.7 Å². The van der Waals surface area contributed by atoms with Crippen LogP contribution in [0.15, 0.2) is 36.4 Å². The van der Waals surface area contributed by atoms with Crippen LogP contribution in [0.2, 0.25) is 0 Å². The van der Waals surface area contributed by atoms with Crippen molar-refractivity contribution in [3.8, 4) is 16.9 Å². The van der Waals surface area contributed by atoms with Crippen LogP contribution in [0, 0.1) is 11.6 Å². The number of hydrogen-bond acceptors (Lipinski definition) is 2. The molecule has 7 heteroatoms. The Labute approximate surface area is 110 Å². The summed E-state index contributed by atoms with van der Waals surface area (Å²) in [6, 6.07) is 6.82. The van der Waals surface area contributed by atoms with Gasteiger partial charge in [0.1, 0.15) is 5.75 Å². The quantitative estimate of drug-likeness (QED) is 0.667. The highest BCUT2D eigenvalue weighted by molar-refractivity contribution is 5.67. The van der Waals surface area contributed by atoms with Gasteiger partial charge in [-0.05, 0) is 29.8 Å². The molecule has 0 aliphatic rings. The van der Waals surface area contributed by atoms with E-state index in [2.05, 4.69) is 4.74 Å². The van der Waals surface area contributed by atoms with Gasteiger partial charge in [0.15, 0.2) is 11.6 Å². The standard InChI is InChI=1S/C13H8F5NO/c14-11-9(5-6-10(19)12(11)15)7-1-3-8(4-2-7)20-13(16,17)18/h1-6H,19H2. The fraction of sp³-hybridized carbons (Fsp3) is 0.0769. The monoisotopic (exact) mass is 289 g/mol. The van der Waals surface area contributed by atoms with Crippen LogP contribution in [-0.2, 0) is 0 Å². The Morgan fingerprint density at radius 2 is 1.45 bits per heavy atom. The van der Waals surface area contributed by atoms with E-state index in [-0.39, 0.29) is 16.8 Å². The molecule has 2 aromatic rings. The van der Waals surface area contributed by atoms with Crippen LogP contribution in [0.3, 0.4) is 0 Å². The van der Waals surface area contributed by atoms with E-state index in [1.807, 2.05) is 0 Å². The molecule has 106 valence electrons.